The van der Waals surface area contributed by atoms with Crippen molar-refractivity contribution >= 4 is 28.2 Å². The number of fused-ring (bicyclic) bond motifs is 3. The second-order valence-corrected chi connectivity index (χ2v) is 6.48. The molecule has 25 heavy (non-hydrogen) atoms. The van der Waals surface area contributed by atoms with Gasteiger partial charge in [0, 0.05) is 12.1 Å². The van der Waals surface area contributed by atoms with E-state index in [2.05, 4.69) is 65.8 Å². The molecule has 126 valence electrons. The number of aryl methyl sites for hydroxylation is 4. The van der Waals surface area contributed by atoms with E-state index in [9.17, 15) is 0 Å². The molecule has 0 saturated heterocycles. The van der Waals surface area contributed by atoms with E-state index < -0.39 is 0 Å². The quantitative estimate of drug-likeness (QED) is 0.600. The van der Waals surface area contributed by atoms with Crippen LogP contribution < -0.4 is 5.32 Å². The number of hydrogen-bond donors (Lipinski definition) is 1. The molecule has 0 aliphatic rings. The summed E-state index contributed by atoms with van der Waals surface area (Å²) < 4.78 is 2.10. The number of rotatable bonds is 3. The minimum atomic E-state index is 0.737. The zero-order valence-corrected chi connectivity index (χ0v) is 15.0. The fraction of sp³-hybridized carbons (Fsp3) is 0.250. The van der Waals surface area contributed by atoms with E-state index in [0.717, 1.165) is 40.4 Å². The molecule has 4 rings (SSSR count). The number of aromatic nitrogens is 4. The molecule has 0 aliphatic heterocycles. The van der Waals surface area contributed by atoms with Crippen LogP contribution in [0.2, 0.25) is 0 Å². The van der Waals surface area contributed by atoms with Crippen molar-refractivity contribution < 1.29 is 0 Å². The van der Waals surface area contributed by atoms with Crippen molar-refractivity contribution in [2.45, 2.75) is 34.1 Å². The van der Waals surface area contributed by atoms with Gasteiger partial charge in [-0.05, 0) is 44.0 Å². The van der Waals surface area contributed by atoms with Crippen LogP contribution in [0.25, 0.3) is 16.7 Å². The number of para-hydroxylation sites is 2. The molecule has 0 fully saturated rings. The van der Waals surface area contributed by atoms with E-state index in [1.807, 2.05) is 18.2 Å². The average molecular weight is 331 g/mol. The lowest BCUT2D eigenvalue weighted by molar-refractivity contribution is 0.922. The fourth-order valence-electron chi connectivity index (χ4n) is 3.45. The number of nitrogens with zero attached hydrogens (tertiary/aromatic N) is 4. The van der Waals surface area contributed by atoms with Gasteiger partial charge in [-0.25, -0.2) is 4.98 Å². The Hall–Kier alpha value is -2.95. The number of nitrogens with one attached hydrogen (secondary N) is 1. The summed E-state index contributed by atoms with van der Waals surface area (Å²) in [5, 5.41) is 12.3. The Bertz CT molecular complexity index is 1070. The van der Waals surface area contributed by atoms with Crippen molar-refractivity contribution in [2.75, 3.05) is 5.32 Å². The molecule has 0 aliphatic carbocycles. The van der Waals surface area contributed by atoms with E-state index in [4.69, 9.17) is 4.98 Å². The fourth-order valence-corrected chi connectivity index (χ4v) is 3.45. The van der Waals surface area contributed by atoms with Crippen LogP contribution in [0.4, 0.5) is 11.5 Å². The second-order valence-electron chi connectivity index (χ2n) is 6.48. The largest absolute Gasteiger partial charge is 0.337 e. The highest BCUT2D eigenvalue weighted by Gasteiger charge is 2.15. The molecule has 0 saturated carbocycles. The van der Waals surface area contributed by atoms with Gasteiger partial charge in [-0.1, -0.05) is 36.8 Å². The third-order valence-electron chi connectivity index (χ3n) is 4.53. The van der Waals surface area contributed by atoms with Crippen LogP contribution in [0, 0.1) is 20.8 Å². The summed E-state index contributed by atoms with van der Waals surface area (Å²) in [6.45, 7) is 8.43. The third kappa shape index (κ3) is 2.52. The van der Waals surface area contributed by atoms with Crippen LogP contribution >= 0.6 is 0 Å². The average Bonchev–Trinajstić information content (AvgIpc) is 3.02. The maximum atomic E-state index is 4.82. The highest BCUT2D eigenvalue weighted by Crippen LogP contribution is 2.29. The Labute approximate surface area is 146 Å². The highest BCUT2D eigenvalue weighted by atomic mass is 15.3. The van der Waals surface area contributed by atoms with Crippen molar-refractivity contribution in [1.29, 1.82) is 0 Å². The molecule has 0 amide bonds. The first-order chi connectivity index (χ1) is 12.1. The molecule has 4 aromatic rings. The van der Waals surface area contributed by atoms with Crippen LogP contribution in [0.3, 0.4) is 0 Å². The number of benzene rings is 2. The molecule has 2 aromatic heterocycles. The first-order valence-electron chi connectivity index (χ1n) is 8.56. The van der Waals surface area contributed by atoms with E-state index in [1.54, 1.807) is 0 Å². The van der Waals surface area contributed by atoms with Gasteiger partial charge in [-0.15, -0.1) is 10.2 Å². The summed E-state index contributed by atoms with van der Waals surface area (Å²) in [5.41, 5.74) is 7.44. The highest BCUT2D eigenvalue weighted by molar-refractivity contribution is 5.85. The zero-order valence-electron chi connectivity index (χ0n) is 15.0. The van der Waals surface area contributed by atoms with Gasteiger partial charge in [-0.3, -0.25) is 4.40 Å². The lowest BCUT2D eigenvalue weighted by Crippen LogP contribution is -2.04. The van der Waals surface area contributed by atoms with Crippen molar-refractivity contribution in [1.82, 2.24) is 19.6 Å². The minimum Gasteiger partial charge on any atom is -0.337 e. The van der Waals surface area contributed by atoms with Crippen LogP contribution in [0.1, 0.15) is 29.4 Å². The van der Waals surface area contributed by atoms with Crippen molar-refractivity contribution in [3.8, 4) is 0 Å². The van der Waals surface area contributed by atoms with Gasteiger partial charge in [0.15, 0.2) is 5.82 Å². The predicted octanol–water partition coefficient (Wildman–Crippen LogP) is 4.51. The van der Waals surface area contributed by atoms with E-state index in [-0.39, 0.29) is 0 Å². The van der Waals surface area contributed by atoms with Crippen molar-refractivity contribution in [2.24, 2.45) is 0 Å². The van der Waals surface area contributed by atoms with Gasteiger partial charge in [0.25, 0.3) is 0 Å². The van der Waals surface area contributed by atoms with Crippen LogP contribution in [-0.4, -0.2) is 19.6 Å². The van der Waals surface area contributed by atoms with Gasteiger partial charge >= 0.3 is 0 Å². The second kappa shape index (κ2) is 5.84. The zero-order chi connectivity index (χ0) is 17.6. The van der Waals surface area contributed by atoms with Crippen LogP contribution in [0.5, 0.6) is 0 Å². The molecular formula is C20H21N5. The molecule has 2 aromatic carbocycles. The first-order valence-corrected chi connectivity index (χ1v) is 8.56. The molecule has 0 atom stereocenters. The Kier molecular flexibility index (Phi) is 3.64. The summed E-state index contributed by atoms with van der Waals surface area (Å²) >= 11 is 0. The molecule has 0 spiro atoms. The summed E-state index contributed by atoms with van der Waals surface area (Å²) in [4.78, 5) is 4.82. The van der Waals surface area contributed by atoms with E-state index in [0.29, 0.717) is 0 Å². The monoisotopic (exact) mass is 331 g/mol. The standard InChI is InChI=1S/C20H21N5/c1-5-17-23-24-20-19(21-15-8-6-7-9-16(15)25(17)20)22-18-13(3)10-12(2)11-14(18)4/h6-11H,5H2,1-4H3,(H,21,22). The lowest BCUT2D eigenvalue weighted by atomic mass is 10.1. The Morgan fingerprint density at radius 3 is 2.44 bits per heavy atom. The summed E-state index contributed by atoms with van der Waals surface area (Å²) in [6.07, 6.45) is 0.817. The molecule has 0 bridgehead atoms. The van der Waals surface area contributed by atoms with Gasteiger partial charge in [0.1, 0.15) is 5.82 Å². The third-order valence-corrected chi connectivity index (χ3v) is 4.53. The molecule has 1 N–H and O–H groups in total. The Morgan fingerprint density at radius 2 is 1.72 bits per heavy atom. The molecule has 0 unspecified atom stereocenters. The molecule has 2 heterocycles. The predicted molar refractivity (Wildman–Crippen MR) is 102 cm³/mol. The topological polar surface area (TPSA) is 55.1 Å². The first kappa shape index (κ1) is 15.6. The van der Waals surface area contributed by atoms with Gasteiger partial charge in [-0.2, -0.15) is 0 Å². The summed E-state index contributed by atoms with van der Waals surface area (Å²) in [6, 6.07) is 12.5. The summed E-state index contributed by atoms with van der Waals surface area (Å²) in [7, 11) is 0. The maximum Gasteiger partial charge on any atom is 0.204 e. The molecular weight excluding hydrogens is 310 g/mol. The normalized spacial score (nSPS) is 11.4. The minimum absolute atomic E-state index is 0.737. The van der Waals surface area contributed by atoms with Crippen LogP contribution in [-0.2, 0) is 6.42 Å². The number of hydrogen-bond acceptors (Lipinski definition) is 4. The smallest absolute Gasteiger partial charge is 0.204 e. The van der Waals surface area contributed by atoms with E-state index >= 15 is 0 Å². The summed E-state index contributed by atoms with van der Waals surface area (Å²) in [5.74, 6) is 1.68. The van der Waals surface area contributed by atoms with Gasteiger partial charge < -0.3 is 5.32 Å². The van der Waals surface area contributed by atoms with Gasteiger partial charge in [0.2, 0.25) is 5.65 Å². The SMILES string of the molecule is CCc1nnc2c(Nc3c(C)cc(C)cc3C)nc3ccccc3n12. The molecule has 0 radical (unpaired) electrons. The van der Waals surface area contributed by atoms with Crippen molar-refractivity contribution in [3.63, 3.8) is 0 Å². The molecule has 5 heteroatoms. The molecule has 5 nitrogen and oxygen atoms in total. The van der Waals surface area contributed by atoms with Crippen LogP contribution in [0.15, 0.2) is 36.4 Å². The number of anilines is 2. The van der Waals surface area contributed by atoms with Crippen molar-refractivity contribution in [3.05, 3.63) is 58.9 Å². The van der Waals surface area contributed by atoms with Gasteiger partial charge in [0.05, 0.1) is 11.0 Å². The van der Waals surface area contributed by atoms with E-state index in [1.165, 1.54) is 16.7 Å². The lowest BCUT2D eigenvalue weighted by Gasteiger charge is -2.15. The maximum absolute atomic E-state index is 4.82. The Morgan fingerprint density at radius 1 is 1.00 bits per heavy atom. The Balaban J connectivity index is 1.97.